The summed E-state index contributed by atoms with van der Waals surface area (Å²) in [6.45, 7) is 3.51. The third-order valence-corrected chi connectivity index (χ3v) is 8.06. The van der Waals surface area contributed by atoms with Gasteiger partial charge in [-0.2, -0.15) is 17.5 Å². The molecule has 1 amide bonds. The van der Waals surface area contributed by atoms with Crippen molar-refractivity contribution in [2.45, 2.75) is 30.5 Å². The number of carbonyl (C=O) groups is 1. The highest BCUT2D eigenvalue weighted by Gasteiger charge is 2.36. The summed E-state index contributed by atoms with van der Waals surface area (Å²) in [6, 6.07) is 10.9. The van der Waals surface area contributed by atoms with Crippen molar-refractivity contribution in [1.29, 1.82) is 0 Å². The zero-order chi connectivity index (χ0) is 23.1. The molecule has 10 heteroatoms. The van der Waals surface area contributed by atoms with E-state index in [-0.39, 0.29) is 23.9 Å². The lowest BCUT2D eigenvalue weighted by Crippen LogP contribution is -2.55. The molecule has 0 unspecified atom stereocenters. The molecule has 0 aromatic heterocycles. The Morgan fingerprint density at radius 3 is 2.19 bits per heavy atom. The van der Waals surface area contributed by atoms with Crippen LogP contribution in [0.1, 0.15) is 18.1 Å². The lowest BCUT2D eigenvalue weighted by atomic mass is 10.1. The van der Waals surface area contributed by atoms with Crippen molar-refractivity contribution in [2.24, 2.45) is 0 Å². The van der Waals surface area contributed by atoms with Crippen LogP contribution < -0.4 is 4.90 Å². The van der Waals surface area contributed by atoms with Gasteiger partial charge in [-0.15, -0.1) is 0 Å². The number of piperazine rings is 1. The number of nitrogens with zero attached hydrogens (tertiary/aromatic N) is 3. The van der Waals surface area contributed by atoms with Crippen molar-refractivity contribution >= 4 is 21.6 Å². The first-order chi connectivity index (χ1) is 15.1. The fourth-order valence-corrected chi connectivity index (χ4v) is 5.67. The molecule has 172 valence electrons. The topological polar surface area (TPSA) is 60.9 Å². The Bertz CT molecular complexity index is 1100. The van der Waals surface area contributed by atoms with E-state index in [0.717, 1.165) is 41.9 Å². The maximum atomic E-state index is 13.1. The molecule has 2 aliphatic heterocycles. The highest BCUT2D eigenvalue weighted by molar-refractivity contribution is 7.89. The van der Waals surface area contributed by atoms with E-state index >= 15 is 0 Å². The Hall–Kier alpha value is -2.43. The summed E-state index contributed by atoms with van der Waals surface area (Å²) in [5.74, 6) is -0.0194. The van der Waals surface area contributed by atoms with E-state index in [0.29, 0.717) is 19.6 Å². The average molecular weight is 468 g/mol. The van der Waals surface area contributed by atoms with Gasteiger partial charge in [-0.3, -0.25) is 9.69 Å². The predicted octanol–water partition coefficient (Wildman–Crippen LogP) is 2.99. The lowest BCUT2D eigenvalue weighted by molar-refractivity contribution is -0.137. The Morgan fingerprint density at radius 1 is 0.938 bits per heavy atom. The molecule has 0 bridgehead atoms. The van der Waals surface area contributed by atoms with Crippen LogP contribution in [0, 0.1) is 0 Å². The average Bonchev–Trinajstić information content (AvgIpc) is 3.22. The number of carbonyl (C=O) groups excluding carboxylic acids is 1. The molecular weight excluding hydrogens is 443 g/mol. The van der Waals surface area contributed by atoms with Crippen LogP contribution in [0.3, 0.4) is 0 Å². The zero-order valence-corrected chi connectivity index (χ0v) is 18.4. The number of benzene rings is 2. The Labute approximate surface area is 185 Å². The van der Waals surface area contributed by atoms with Crippen molar-refractivity contribution in [3.05, 3.63) is 59.7 Å². The second-order valence-electron chi connectivity index (χ2n) is 8.01. The van der Waals surface area contributed by atoms with E-state index in [2.05, 4.69) is 0 Å². The van der Waals surface area contributed by atoms with Crippen LogP contribution in [0.5, 0.6) is 0 Å². The van der Waals surface area contributed by atoms with E-state index in [1.807, 2.05) is 36.1 Å². The van der Waals surface area contributed by atoms with E-state index in [1.54, 1.807) is 4.90 Å². The maximum Gasteiger partial charge on any atom is 0.416 e. The van der Waals surface area contributed by atoms with Gasteiger partial charge in [-0.25, -0.2) is 8.42 Å². The second-order valence-corrected chi connectivity index (χ2v) is 9.94. The molecule has 1 saturated heterocycles. The summed E-state index contributed by atoms with van der Waals surface area (Å²) < 4.78 is 65.2. The number of anilines is 1. The zero-order valence-electron chi connectivity index (χ0n) is 17.5. The van der Waals surface area contributed by atoms with Crippen LogP contribution in [0.15, 0.2) is 53.4 Å². The molecule has 1 atom stereocenters. The van der Waals surface area contributed by atoms with Gasteiger partial charge in [0.2, 0.25) is 15.9 Å². The van der Waals surface area contributed by atoms with Crippen LogP contribution in [0.2, 0.25) is 0 Å². The minimum atomic E-state index is -4.52. The Morgan fingerprint density at radius 2 is 1.56 bits per heavy atom. The molecule has 2 aromatic rings. The second kappa shape index (κ2) is 8.49. The smallest absolute Gasteiger partial charge is 0.310 e. The molecule has 32 heavy (non-hydrogen) atoms. The van der Waals surface area contributed by atoms with Crippen LogP contribution in [-0.2, 0) is 27.4 Å². The molecule has 2 heterocycles. The highest BCUT2D eigenvalue weighted by Crippen LogP contribution is 2.31. The number of para-hydroxylation sites is 1. The first-order valence-corrected chi connectivity index (χ1v) is 11.8. The third kappa shape index (κ3) is 4.26. The van der Waals surface area contributed by atoms with E-state index < -0.39 is 27.8 Å². The number of halogens is 3. The van der Waals surface area contributed by atoms with Gasteiger partial charge in [0.05, 0.1) is 16.5 Å². The molecule has 0 saturated carbocycles. The van der Waals surface area contributed by atoms with Crippen LogP contribution in [0.25, 0.3) is 0 Å². The van der Waals surface area contributed by atoms with Crippen molar-refractivity contribution in [2.75, 3.05) is 37.6 Å². The maximum absolute atomic E-state index is 13.1. The van der Waals surface area contributed by atoms with Crippen molar-refractivity contribution in [3.63, 3.8) is 0 Å². The van der Waals surface area contributed by atoms with E-state index in [9.17, 15) is 26.4 Å². The summed E-state index contributed by atoms with van der Waals surface area (Å²) in [4.78, 5) is 16.6. The van der Waals surface area contributed by atoms with Gasteiger partial charge in [-0.1, -0.05) is 18.2 Å². The van der Waals surface area contributed by atoms with Gasteiger partial charge in [-0.05, 0) is 49.2 Å². The van der Waals surface area contributed by atoms with Gasteiger partial charge < -0.3 is 4.90 Å². The molecule has 1 fully saturated rings. The fraction of sp³-hybridized carbons (Fsp3) is 0.409. The standard InChI is InChI=1S/C22H24F3N3O3S/c1-16(21(29)28-11-10-17-4-2-3-5-20(17)28)26-12-14-27(15-13-26)32(30,31)19-8-6-18(7-9-19)22(23,24)25/h2-9,16H,10-15H2,1H3/t16-/m0/s1. The number of rotatable bonds is 4. The van der Waals surface area contributed by atoms with E-state index in [4.69, 9.17) is 0 Å². The molecule has 6 nitrogen and oxygen atoms in total. The van der Waals surface area contributed by atoms with Crippen molar-refractivity contribution in [1.82, 2.24) is 9.21 Å². The molecule has 2 aromatic carbocycles. The minimum absolute atomic E-state index is 0.0194. The Balaban J connectivity index is 1.40. The first-order valence-electron chi connectivity index (χ1n) is 10.4. The molecule has 0 spiro atoms. The number of hydrogen-bond donors (Lipinski definition) is 0. The van der Waals surface area contributed by atoms with Crippen LogP contribution >= 0.6 is 0 Å². The fourth-order valence-electron chi connectivity index (χ4n) is 4.25. The molecule has 0 N–H and O–H groups in total. The third-order valence-electron chi connectivity index (χ3n) is 6.15. The van der Waals surface area contributed by atoms with Gasteiger partial charge in [0.25, 0.3) is 0 Å². The SMILES string of the molecule is C[C@@H](C(=O)N1CCc2ccccc21)N1CCN(S(=O)(=O)c2ccc(C(F)(F)F)cc2)CC1. The summed E-state index contributed by atoms with van der Waals surface area (Å²) in [5, 5.41) is 0. The number of sulfonamides is 1. The molecule has 0 radical (unpaired) electrons. The largest absolute Gasteiger partial charge is 0.416 e. The normalized spacial score (nSPS) is 19.1. The highest BCUT2D eigenvalue weighted by atomic mass is 32.2. The Kier molecular flexibility index (Phi) is 6.04. The quantitative estimate of drug-likeness (QED) is 0.694. The molecule has 0 aliphatic carbocycles. The number of alkyl halides is 3. The number of fused-ring (bicyclic) bond motifs is 1. The number of amides is 1. The van der Waals surface area contributed by atoms with Crippen molar-refractivity contribution < 1.29 is 26.4 Å². The monoisotopic (exact) mass is 467 g/mol. The van der Waals surface area contributed by atoms with E-state index in [1.165, 1.54) is 4.31 Å². The van der Waals surface area contributed by atoms with Crippen LogP contribution in [-0.4, -0.2) is 62.3 Å². The molecule has 4 rings (SSSR count). The molecular formula is C22H24F3N3O3S. The van der Waals surface area contributed by atoms with Gasteiger partial charge >= 0.3 is 6.18 Å². The van der Waals surface area contributed by atoms with Crippen LogP contribution in [0.4, 0.5) is 18.9 Å². The van der Waals surface area contributed by atoms with Gasteiger partial charge in [0, 0.05) is 38.4 Å². The lowest BCUT2D eigenvalue weighted by Gasteiger charge is -2.38. The van der Waals surface area contributed by atoms with Gasteiger partial charge in [0.15, 0.2) is 0 Å². The summed E-state index contributed by atoms with van der Waals surface area (Å²) in [6.07, 6.45) is -3.71. The van der Waals surface area contributed by atoms with Crippen molar-refractivity contribution in [3.8, 4) is 0 Å². The summed E-state index contributed by atoms with van der Waals surface area (Å²) >= 11 is 0. The first kappa shape index (κ1) is 22.8. The van der Waals surface area contributed by atoms with Gasteiger partial charge in [0.1, 0.15) is 0 Å². The molecule has 2 aliphatic rings. The predicted molar refractivity (Wildman–Crippen MR) is 114 cm³/mol. The summed E-state index contributed by atoms with van der Waals surface area (Å²) in [7, 11) is -3.91. The summed E-state index contributed by atoms with van der Waals surface area (Å²) in [5.41, 5.74) is 1.17. The minimum Gasteiger partial charge on any atom is -0.310 e. The number of hydrogen-bond acceptors (Lipinski definition) is 4.